The minimum absolute atomic E-state index is 0.430. The summed E-state index contributed by atoms with van der Waals surface area (Å²) in [6, 6.07) is 2.35. The lowest BCUT2D eigenvalue weighted by molar-refractivity contribution is -0.0463. The van der Waals surface area contributed by atoms with Crippen molar-refractivity contribution in [2.24, 2.45) is 0 Å². The molecule has 27 heavy (non-hydrogen) atoms. The van der Waals surface area contributed by atoms with Crippen LogP contribution in [0.1, 0.15) is 12.5 Å². The number of halogens is 2. The van der Waals surface area contributed by atoms with Gasteiger partial charge in [-0.3, -0.25) is 8.37 Å². The van der Waals surface area contributed by atoms with Gasteiger partial charge in [0.25, 0.3) is 20.2 Å². The summed E-state index contributed by atoms with van der Waals surface area (Å²) in [5.41, 5.74) is -2.65. The van der Waals surface area contributed by atoms with Crippen molar-refractivity contribution in [1.82, 2.24) is 14.8 Å². The van der Waals surface area contributed by atoms with Gasteiger partial charge in [-0.05, 0) is 13.0 Å². The highest BCUT2D eigenvalue weighted by molar-refractivity contribution is 7.86. The number of hydrogen-bond acceptors (Lipinski definition) is 8. The molecule has 0 radical (unpaired) electrons. The Kier molecular flexibility index (Phi) is 5.99. The molecular formula is C14H17F2N3O6S2. The van der Waals surface area contributed by atoms with Gasteiger partial charge in [0.1, 0.15) is 30.4 Å². The molecule has 9 nitrogen and oxygen atoms in total. The molecule has 0 spiro atoms. The topological polar surface area (TPSA) is 117 Å². The van der Waals surface area contributed by atoms with Crippen LogP contribution in [0.4, 0.5) is 8.78 Å². The zero-order valence-corrected chi connectivity index (χ0v) is 16.2. The molecule has 2 aromatic rings. The predicted octanol–water partition coefficient (Wildman–Crippen LogP) is 0.793. The molecule has 0 amide bonds. The number of rotatable bonds is 8. The fourth-order valence-electron chi connectivity index (χ4n) is 2.57. The maximum Gasteiger partial charge on any atom is 0.265 e. The average Bonchev–Trinajstić information content (AvgIpc) is 2.95. The molecule has 0 aliphatic heterocycles. The molecule has 0 aliphatic carbocycles. The van der Waals surface area contributed by atoms with Crippen molar-refractivity contribution in [3.8, 4) is 0 Å². The zero-order chi connectivity index (χ0) is 20.5. The molecule has 2 atom stereocenters. The minimum atomic E-state index is -4.26. The van der Waals surface area contributed by atoms with E-state index in [0.29, 0.717) is 12.3 Å². The van der Waals surface area contributed by atoms with Gasteiger partial charge < -0.3 is 0 Å². The molecule has 1 heterocycles. The Labute approximate surface area is 155 Å². The lowest BCUT2D eigenvalue weighted by Crippen LogP contribution is -2.48. The van der Waals surface area contributed by atoms with Crippen LogP contribution in [0.15, 0.2) is 30.9 Å². The Morgan fingerprint density at radius 3 is 2.33 bits per heavy atom. The van der Waals surface area contributed by atoms with E-state index >= 15 is 0 Å². The summed E-state index contributed by atoms with van der Waals surface area (Å²) >= 11 is 0. The number of aromatic nitrogens is 3. The summed E-state index contributed by atoms with van der Waals surface area (Å²) in [4.78, 5) is 3.70. The quantitative estimate of drug-likeness (QED) is 0.570. The fourth-order valence-corrected chi connectivity index (χ4v) is 4.07. The second-order valence-corrected chi connectivity index (χ2v) is 9.01. The van der Waals surface area contributed by atoms with Crippen LogP contribution < -0.4 is 0 Å². The van der Waals surface area contributed by atoms with Crippen molar-refractivity contribution < 1.29 is 34.0 Å². The van der Waals surface area contributed by atoms with Crippen molar-refractivity contribution in [2.75, 3.05) is 12.5 Å². The Bertz CT molecular complexity index is 1010. The molecule has 0 bridgehead atoms. The van der Waals surface area contributed by atoms with Crippen LogP contribution in [0, 0.1) is 11.6 Å². The lowest BCUT2D eigenvalue weighted by Gasteiger charge is -2.37. The molecule has 1 aromatic carbocycles. The normalized spacial score (nSPS) is 16.0. The smallest absolute Gasteiger partial charge is 0.264 e. The van der Waals surface area contributed by atoms with Crippen LogP contribution in [0.2, 0.25) is 0 Å². The maximum absolute atomic E-state index is 14.6. The van der Waals surface area contributed by atoms with Gasteiger partial charge in [-0.1, -0.05) is 6.07 Å². The molecule has 1 aromatic heterocycles. The third kappa shape index (κ3) is 5.51. The second-order valence-electron chi connectivity index (χ2n) is 5.84. The van der Waals surface area contributed by atoms with Gasteiger partial charge in [-0.25, -0.2) is 18.4 Å². The molecule has 0 N–H and O–H groups in total. The van der Waals surface area contributed by atoms with Gasteiger partial charge in [0.15, 0.2) is 5.60 Å². The molecule has 0 unspecified atom stereocenters. The fraction of sp³-hybridized carbons (Fsp3) is 0.429. The first-order valence-electron chi connectivity index (χ1n) is 7.39. The Morgan fingerprint density at radius 2 is 1.85 bits per heavy atom. The number of hydrogen-bond donors (Lipinski definition) is 0. The van der Waals surface area contributed by atoms with Crippen molar-refractivity contribution in [3.05, 3.63) is 48.1 Å². The summed E-state index contributed by atoms with van der Waals surface area (Å²) in [6.45, 7) is 0.700. The van der Waals surface area contributed by atoms with Crippen LogP contribution in [-0.2, 0) is 40.7 Å². The van der Waals surface area contributed by atoms with Crippen LogP contribution in [-0.4, -0.2) is 50.2 Å². The molecule has 13 heteroatoms. The lowest BCUT2D eigenvalue weighted by atomic mass is 9.88. The molecule has 0 saturated heterocycles. The summed E-state index contributed by atoms with van der Waals surface area (Å²) < 4.78 is 86.2. The van der Waals surface area contributed by atoms with Gasteiger partial charge in [0.05, 0.1) is 19.1 Å². The Hall–Kier alpha value is -1.96. The highest BCUT2D eigenvalue weighted by Crippen LogP contribution is 2.37. The third-order valence-electron chi connectivity index (χ3n) is 3.53. The van der Waals surface area contributed by atoms with Crippen molar-refractivity contribution >= 4 is 20.2 Å². The first-order valence-corrected chi connectivity index (χ1v) is 11.0. The third-order valence-corrected chi connectivity index (χ3v) is 4.76. The summed E-state index contributed by atoms with van der Waals surface area (Å²) in [6.07, 6.45) is 2.23. The summed E-state index contributed by atoms with van der Waals surface area (Å²) in [5.74, 6) is -2.07. The van der Waals surface area contributed by atoms with Crippen molar-refractivity contribution in [2.45, 2.75) is 25.2 Å². The number of benzene rings is 1. The minimum Gasteiger partial charge on any atom is -0.264 e. The van der Waals surface area contributed by atoms with E-state index < -0.39 is 55.7 Å². The van der Waals surface area contributed by atoms with Gasteiger partial charge in [-0.15, -0.1) is 0 Å². The number of nitrogens with zero attached hydrogens (tertiary/aromatic N) is 3. The predicted molar refractivity (Wildman–Crippen MR) is 89.4 cm³/mol. The second kappa shape index (κ2) is 7.58. The van der Waals surface area contributed by atoms with E-state index in [9.17, 15) is 25.6 Å². The van der Waals surface area contributed by atoms with E-state index in [1.807, 2.05) is 0 Å². The monoisotopic (exact) mass is 425 g/mol. The van der Waals surface area contributed by atoms with Crippen LogP contribution >= 0.6 is 0 Å². The van der Waals surface area contributed by atoms with Gasteiger partial charge in [0, 0.05) is 11.6 Å². The first kappa shape index (κ1) is 21.3. The SMILES string of the molecule is C[C@@H](OS(C)(=O)=O)[C@@](Cn1cncn1)(OS(C)(=O)=O)c1ccc(F)cc1F. The van der Waals surface area contributed by atoms with E-state index in [-0.39, 0.29) is 0 Å². The van der Waals surface area contributed by atoms with E-state index in [1.165, 1.54) is 13.3 Å². The van der Waals surface area contributed by atoms with Crippen LogP contribution in [0.5, 0.6) is 0 Å². The van der Waals surface area contributed by atoms with Gasteiger partial charge >= 0.3 is 0 Å². The molecule has 150 valence electrons. The summed E-state index contributed by atoms with van der Waals surface area (Å²) in [5, 5.41) is 3.81. The van der Waals surface area contributed by atoms with E-state index in [1.54, 1.807) is 0 Å². The standard InChI is InChI=1S/C14H17F2N3O6S2/c1-10(24-26(2,20)21)14(25-27(3,22)23,7-19-9-17-8-18-19)12-5-4-11(15)6-13(12)16/h4-6,8-10H,7H2,1-3H3/t10-,14-/m1/s1. The van der Waals surface area contributed by atoms with Crippen LogP contribution in [0.25, 0.3) is 0 Å². The Balaban J connectivity index is 2.74. The highest BCUT2D eigenvalue weighted by atomic mass is 32.2. The highest BCUT2D eigenvalue weighted by Gasteiger charge is 2.47. The van der Waals surface area contributed by atoms with Crippen molar-refractivity contribution in [1.29, 1.82) is 0 Å². The largest absolute Gasteiger partial charge is 0.265 e. The molecular weight excluding hydrogens is 408 g/mol. The zero-order valence-electron chi connectivity index (χ0n) is 14.5. The first-order chi connectivity index (χ1) is 12.3. The molecule has 0 saturated carbocycles. The van der Waals surface area contributed by atoms with E-state index in [0.717, 1.165) is 29.4 Å². The average molecular weight is 425 g/mol. The summed E-state index contributed by atoms with van der Waals surface area (Å²) in [7, 11) is -8.34. The van der Waals surface area contributed by atoms with Crippen LogP contribution in [0.3, 0.4) is 0 Å². The maximum atomic E-state index is 14.6. The van der Waals surface area contributed by atoms with Crippen molar-refractivity contribution in [3.63, 3.8) is 0 Å². The van der Waals surface area contributed by atoms with Gasteiger partial charge in [0.2, 0.25) is 0 Å². The Morgan fingerprint density at radius 1 is 1.19 bits per heavy atom. The van der Waals surface area contributed by atoms with E-state index in [4.69, 9.17) is 8.37 Å². The molecule has 2 rings (SSSR count). The van der Waals surface area contributed by atoms with E-state index in [2.05, 4.69) is 10.1 Å². The molecule has 0 aliphatic rings. The van der Waals surface area contributed by atoms with Gasteiger partial charge in [-0.2, -0.15) is 21.9 Å². The molecule has 0 fully saturated rings.